The quantitative estimate of drug-likeness (QED) is 0.787. The lowest BCUT2D eigenvalue weighted by Gasteiger charge is -2.24. The van der Waals surface area contributed by atoms with Gasteiger partial charge in [-0.15, -0.1) is 0 Å². The predicted molar refractivity (Wildman–Crippen MR) is 105 cm³/mol. The molecule has 0 radical (unpaired) electrons. The van der Waals surface area contributed by atoms with Crippen LogP contribution in [0.4, 0.5) is 0 Å². The maximum Gasteiger partial charge on any atom is 0.343 e. The van der Waals surface area contributed by atoms with Crippen LogP contribution in [0.15, 0.2) is 54.6 Å². The van der Waals surface area contributed by atoms with E-state index in [1.54, 1.807) is 0 Å². The van der Waals surface area contributed by atoms with Crippen LogP contribution in [0.3, 0.4) is 0 Å². The van der Waals surface area contributed by atoms with Crippen LogP contribution in [0.25, 0.3) is 0 Å². The van der Waals surface area contributed by atoms with Gasteiger partial charge in [-0.25, -0.2) is 4.99 Å². The van der Waals surface area contributed by atoms with E-state index in [2.05, 4.69) is 17.1 Å². The first-order chi connectivity index (χ1) is 14.5. The van der Waals surface area contributed by atoms with E-state index in [-0.39, 0.29) is 11.9 Å². The van der Waals surface area contributed by atoms with Crippen molar-refractivity contribution in [1.82, 2.24) is 0 Å². The number of rotatable bonds is 4. The van der Waals surface area contributed by atoms with Gasteiger partial charge in [0, 0.05) is 5.92 Å². The second-order valence-corrected chi connectivity index (χ2v) is 8.01. The molecule has 2 heterocycles. The summed E-state index contributed by atoms with van der Waals surface area (Å²) in [5.74, 6) is -0.948. The molecule has 5 atom stereocenters. The van der Waals surface area contributed by atoms with Crippen molar-refractivity contribution in [3.63, 3.8) is 0 Å². The van der Waals surface area contributed by atoms with Crippen molar-refractivity contribution in [1.29, 1.82) is 10.5 Å². The van der Waals surface area contributed by atoms with Crippen LogP contribution in [0.2, 0.25) is 0 Å². The summed E-state index contributed by atoms with van der Waals surface area (Å²) >= 11 is 0. The van der Waals surface area contributed by atoms with E-state index in [1.165, 1.54) is 0 Å². The molecule has 0 bridgehead atoms. The number of amidine groups is 1. The van der Waals surface area contributed by atoms with Crippen LogP contribution in [0.5, 0.6) is 5.75 Å². The fraction of sp³-hybridized carbons (Fsp3) is 0.348. The summed E-state index contributed by atoms with van der Waals surface area (Å²) in [5.41, 5.74) is 5.67. The fourth-order valence-corrected chi connectivity index (χ4v) is 4.96. The molecule has 3 N–H and O–H groups in total. The number of fused-ring (bicyclic) bond motifs is 2. The molecule has 1 saturated carbocycles. The largest absolute Gasteiger partial charge is 0.489 e. The van der Waals surface area contributed by atoms with Crippen LogP contribution >= 0.6 is 0 Å². The highest BCUT2D eigenvalue weighted by atomic mass is 16.8. The van der Waals surface area contributed by atoms with Crippen LogP contribution < -0.4 is 15.5 Å². The molecule has 2 aliphatic heterocycles. The van der Waals surface area contributed by atoms with Crippen molar-refractivity contribution in [2.24, 2.45) is 16.6 Å². The van der Waals surface area contributed by atoms with E-state index in [1.807, 2.05) is 61.5 Å². The first-order valence-corrected chi connectivity index (χ1v) is 9.85. The van der Waals surface area contributed by atoms with Crippen molar-refractivity contribution >= 4 is 5.84 Å². The first-order valence-electron chi connectivity index (χ1n) is 9.85. The monoisotopic (exact) mass is 401 g/mol. The number of benzene rings is 2. The van der Waals surface area contributed by atoms with Gasteiger partial charge in [-0.3, -0.25) is 5.73 Å². The molecule has 2 aromatic carbocycles. The molecule has 1 spiro atoms. The number of hydrogen-bond donors (Lipinski definition) is 2. The van der Waals surface area contributed by atoms with Crippen LogP contribution in [-0.4, -0.2) is 24.5 Å². The number of ether oxygens (including phenoxy) is 3. The molecule has 2 aromatic rings. The summed E-state index contributed by atoms with van der Waals surface area (Å²) in [6.45, 7) is 2.64. The molecular weight excluding hydrogens is 380 g/mol. The minimum absolute atomic E-state index is 0.208. The highest BCUT2D eigenvalue weighted by molar-refractivity contribution is 5.95. The molecule has 2 fully saturated rings. The SMILES string of the molecule is C[C@H]1CO[C@]2([NH+]=C(N)[C@@]3(C#N)[C@@H](c4ccc(OCc5ccccc5)cc4)[C@@]23C#N)O1. The Balaban J connectivity index is 1.44. The molecule has 0 amide bonds. The summed E-state index contributed by atoms with van der Waals surface area (Å²) in [6, 6.07) is 22.0. The molecule has 1 aliphatic carbocycles. The van der Waals surface area contributed by atoms with Crippen molar-refractivity contribution in [3.8, 4) is 17.9 Å². The molecule has 5 rings (SSSR count). The van der Waals surface area contributed by atoms with Crippen molar-refractivity contribution in [3.05, 3.63) is 65.7 Å². The Kier molecular flexibility index (Phi) is 3.91. The van der Waals surface area contributed by atoms with Gasteiger partial charge in [-0.05, 0) is 30.2 Å². The third-order valence-corrected chi connectivity index (χ3v) is 6.35. The maximum absolute atomic E-state index is 10.2. The lowest BCUT2D eigenvalue weighted by molar-refractivity contribution is -0.677. The smallest absolute Gasteiger partial charge is 0.343 e. The molecule has 0 aromatic heterocycles. The average molecular weight is 401 g/mol. The van der Waals surface area contributed by atoms with Gasteiger partial charge >= 0.3 is 5.91 Å². The summed E-state index contributed by atoms with van der Waals surface area (Å²) in [6.07, 6.45) is -0.208. The van der Waals surface area contributed by atoms with Gasteiger partial charge in [0.15, 0.2) is 10.8 Å². The van der Waals surface area contributed by atoms with E-state index in [0.717, 1.165) is 11.1 Å². The third-order valence-electron chi connectivity index (χ3n) is 6.35. The summed E-state index contributed by atoms with van der Waals surface area (Å²) in [4.78, 5) is 2.97. The van der Waals surface area contributed by atoms with Gasteiger partial charge in [0.2, 0.25) is 0 Å². The summed E-state index contributed by atoms with van der Waals surface area (Å²) in [7, 11) is 0. The molecular formula is C23H21N4O3+. The summed E-state index contributed by atoms with van der Waals surface area (Å²) in [5, 5.41) is 20.3. The number of nitriles is 2. The Bertz CT molecular complexity index is 1100. The van der Waals surface area contributed by atoms with Gasteiger partial charge in [0.05, 0.1) is 24.8 Å². The number of nitrogens with zero attached hydrogens (tertiary/aromatic N) is 2. The second-order valence-electron chi connectivity index (χ2n) is 8.01. The minimum Gasteiger partial charge on any atom is -0.489 e. The number of nitrogens with two attached hydrogens (primary N) is 1. The Hall–Kier alpha value is -3.39. The van der Waals surface area contributed by atoms with E-state index in [9.17, 15) is 10.5 Å². The standard InChI is InChI=1S/C23H20N4O3/c1-15-11-29-23(30-15)22(14-25)19(21(22,13-24)20(26)27-23)17-7-9-18(10-8-17)28-12-16-5-3-2-4-6-16/h2-10,15,19H,11-12H2,1H3,(H2,26,27)/p+1/t15-,19+,21+,22+,23-/m0/s1. The molecule has 7 heteroatoms. The fourth-order valence-electron chi connectivity index (χ4n) is 4.96. The zero-order chi connectivity index (χ0) is 21.0. The lowest BCUT2D eigenvalue weighted by atomic mass is 9.94. The zero-order valence-electron chi connectivity index (χ0n) is 16.5. The normalized spacial score (nSPS) is 35.9. The van der Waals surface area contributed by atoms with Crippen molar-refractivity contribution in [2.45, 2.75) is 31.5 Å². The third kappa shape index (κ3) is 2.16. The van der Waals surface area contributed by atoms with E-state index in [0.29, 0.717) is 19.0 Å². The molecule has 0 unspecified atom stereocenters. The van der Waals surface area contributed by atoms with E-state index in [4.69, 9.17) is 19.9 Å². The minimum atomic E-state index is -1.41. The Morgan fingerprint density at radius 3 is 2.47 bits per heavy atom. The zero-order valence-corrected chi connectivity index (χ0v) is 16.5. The molecule has 1 saturated heterocycles. The van der Waals surface area contributed by atoms with E-state index >= 15 is 0 Å². The highest BCUT2D eigenvalue weighted by Crippen LogP contribution is 2.79. The van der Waals surface area contributed by atoms with E-state index < -0.39 is 22.7 Å². The molecule has 30 heavy (non-hydrogen) atoms. The topological polar surface area (TPSA) is 115 Å². The van der Waals surface area contributed by atoms with Gasteiger partial charge in [-0.1, -0.05) is 42.5 Å². The Morgan fingerprint density at radius 2 is 1.87 bits per heavy atom. The Morgan fingerprint density at radius 1 is 1.13 bits per heavy atom. The van der Waals surface area contributed by atoms with Crippen molar-refractivity contribution in [2.75, 3.05) is 6.61 Å². The highest BCUT2D eigenvalue weighted by Gasteiger charge is 2.97. The molecule has 150 valence electrons. The van der Waals surface area contributed by atoms with Crippen LogP contribution in [0, 0.1) is 33.5 Å². The van der Waals surface area contributed by atoms with Gasteiger partial charge in [0.25, 0.3) is 5.84 Å². The predicted octanol–water partition coefficient (Wildman–Crippen LogP) is 0.923. The average Bonchev–Trinajstić information content (AvgIpc) is 3.16. The lowest BCUT2D eigenvalue weighted by Crippen LogP contribution is -2.90. The number of hydrogen-bond acceptors (Lipinski definition) is 6. The second kappa shape index (κ2) is 6.30. The van der Waals surface area contributed by atoms with Gasteiger partial charge in [-0.2, -0.15) is 10.5 Å². The van der Waals surface area contributed by atoms with Gasteiger partial charge in [0.1, 0.15) is 12.4 Å². The number of nitrogens with one attached hydrogen (secondary N) is 1. The molecule has 7 nitrogen and oxygen atoms in total. The van der Waals surface area contributed by atoms with Gasteiger partial charge < -0.3 is 14.2 Å². The van der Waals surface area contributed by atoms with Crippen LogP contribution in [0.1, 0.15) is 24.0 Å². The van der Waals surface area contributed by atoms with Crippen molar-refractivity contribution < 1.29 is 19.2 Å². The summed E-state index contributed by atoms with van der Waals surface area (Å²) < 4.78 is 17.7. The van der Waals surface area contributed by atoms with Crippen LogP contribution in [-0.2, 0) is 16.1 Å². The first kappa shape index (κ1) is 18.6. The Labute approximate surface area is 174 Å². The maximum atomic E-state index is 10.2. The molecule has 3 aliphatic rings.